The lowest BCUT2D eigenvalue weighted by Gasteiger charge is -2.19. The van der Waals surface area contributed by atoms with Crippen LogP contribution in [0.1, 0.15) is 45.4 Å². The number of rotatable bonds is 7. The minimum Gasteiger partial charge on any atom is -0.493 e. The normalized spacial score (nSPS) is 15.9. The van der Waals surface area contributed by atoms with Gasteiger partial charge in [0, 0.05) is 10.4 Å². The molecule has 1 aliphatic rings. The molecule has 1 atom stereocenters. The lowest BCUT2D eigenvalue weighted by molar-refractivity contribution is 0.0959. The quantitative estimate of drug-likeness (QED) is 0.560. The van der Waals surface area contributed by atoms with Crippen molar-refractivity contribution in [3.8, 4) is 17.2 Å². The predicted molar refractivity (Wildman–Crippen MR) is 111 cm³/mol. The highest BCUT2D eigenvalue weighted by atomic mass is 32.1. The standard InChI is InChI=1S/C21H26N2O4S/c1-5-13-6-7-18-15(8-13)11-19(28-18)21(24)23-22-12-14-9-16(25-2)20(27-4)17(10-14)26-3/h9-13H,5-8H2,1-4H3,(H,23,24)/b22-12-/t13-/m0/s1. The number of amides is 1. The van der Waals surface area contributed by atoms with Crippen LogP contribution in [-0.2, 0) is 12.8 Å². The van der Waals surface area contributed by atoms with Crippen LogP contribution < -0.4 is 19.6 Å². The van der Waals surface area contributed by atoms with Gasteiger partial charge in [-0.2, -0.15) is 5.10 Å². The fraction of sp³-hybridized carbons (Fsp3) is 0.429. The van der Waals surface area contributed by atoms with Gasteiger partial charge in [0.05, 0.1) is 32.4 Å². The van der Waals surface area contributed by atoms with E-state index < -0.39 is 0 Å². The van der Waals surface area contributed by atoms with Crippen LogP contribution in [0.2, 0.25) is 0 Å². The molecular formula is C21H26N2O4S. The molecule has 1 aliphatic carbocycles. The molecule has 0 saturated carbocycles. The molecule has 2 aromatic rings. The van der Waals surface area contributed by atoms with Gasteiger partial charge in [0.15, 0.2) is 11.5 Å². The summed E-state index contributed by atoms with van der Waals surface area (Å²) in [4.78, 5) is 14.5. The van der Waals surface area contributed by atoms with Gasteiger partial charge in [-0.05, 0) is 48.9 Å². The Morgan fingerprint density at radius 1 is 1.21 bits per heavy atom. The third-order valence-electron chi connectivity index (χ3n) is 5.05. The topological polar surface area (TPSA) is 69.2 Å². The summed E-state index contributed by atoms with van der Waals surface area (Å²) in [7, 11) is 4.67. The van der Waals surface area contributed by atoms with Gasteiger partial charge in [-0.3, -0.25) is 4.79 Å². The molecule has 0 spiro atoms. The maximum absolute atomic E-state index is 12.5. The summed E-state index contributed by atoms with van der Waals surface area (Å²) in [6, 6.07) is 5.56. The zero-order valence-electron chi connectivity index (χ0n) is 16.7. The maximum Gasteiger partial charge on any atom is 0.281 e. The highest BCUT2D eigenvalue weighted by Gasteiger charge is 2.22. The van der Waals surface area contributed by atoms with Crippen molar-refractivity contribution in [1.29, 1.82) is 0 Å². The van der Waals surface area contributed by atoms with Crippen LogP contribution >= 0.6 is 11.3 Å². The Hall–Kier alpha value is -2.54. The van der Waals surface area contributed by atoms with Crippen LogP contribution in [0.25, 0.3) is 0 Å². The minimum atomic E-state index is -0.184. The lowest BCUT2D eigenvalue weighted by Crippen LogP contribution is -2.16. The summed E-state index contributed by atoms with van der Waals surface area (Å²) in [6.07, 6.45) is 6.11. The molecule has 1 aromatic heterocycles. The van der Waals surface area contributed by atoms with Crippen LogP contribution in [0.15, 0.2) is 23.3 Å². The second kappa shape index (κ2) is 9.10. The highest BCUT2D eigenvalue weighted by molar-refractivity contribution is 7.14. The molecule has 0 radical (unpaired) electrons. The molecule has 7 heteroatoms. The van der Waals surface area contributed by atoms with Gasteiger partial charge in [-0.25, -0.2) is 5.43 Å². The number of hydrazone groups is 1. The van der Waals surface area contributed by atoms with E-state index in [1.54, 1.807) is 51.0 Å². The van der Waals surface area contributed by atoms with Crippen molar-refractivity contribution in [2.75, 3.05) is 21.3 Å². The summed E-state index contributed by atoms with van der Waals surface area (Å²) in [5.74, 6) is 2.13. The van der Waals surface area contributed by atoms with Gasteiger partial charge >= 0.3 is 0 Å². The number of carbonyl (C=O) groups excluding carboxylic acids is 1. The Morgan fingerprint density at radius 2 is 1.93 bits per heavy atom. The van der Waals surface area contributed by atoms with Crippen molar-refractivity contribution in [3.05, 3.63) is 39.1 Å². The van der Waals surface area contributed by atoms with E-state index in [0.717, 1.165) is 24.3 Å². The first-order valence-corrected chi connectivity index (χ1v) is 10.2. The number of fused-ring (bicyclic) bond motifs is 1. The first kappa shape index (κ1) is 20.2. The number of ether oxygens (including phenoxy) is 3. The molecule has 150 valence electrons. The number of carbonyl (C=O) groups is 1. The number of thiophene rings is 1. The predicted octanol–water partition coefficient (Wildman–Crippen LogP) is 4.05. The van der Waals surface area contributed by atoms with E-state index in [1.165, 1.54) is 23.3 Å². The van der Waals surface area contributed by atoms with Crippen LogP contribution in [-0.4, -0.2) is 33.5 Å². The van der Waals surface area contributed by atoms with E-state index in [4.69, 9.17) is 14.2 Å². The smallest absolute Gasteiger partial charge is 0.281 e. The van der Waals surface area contributed by atoms with Gasteiger partial charge < -0.3 is 14.2 Å². The van der Waals surface area contributed by atoms with Gasteiger partial charge in [-0.1, -0.05) is 13.3 Å². The number of nitrogens with zero attached hydrogens (tertiary/aromatic N) is 1. The van der Waals surface area contributed by atoms with Crippen molar-refractivity contribution in [2.24, 2.45) is 11.0 Å². The second-order valence-electron chi connectivity index (χ2n) is 6.73. The third-order valence-corrected chi connectivity index (χ3v) is 6.29. The van der Waals surface area contributed by atoms with Gasteiger partial charge in [0.1, 0.15) is 0 Å². The molecule has 1 N–H and O–H groups in total. The lowest BCUT2D eigenvalue weighted by atomic mass is 9.87. The highest BCUT2D eigenvalue weighted by Crippen LogP contribution is 2.37. The molecule has 28 heavy (non-hydrogen) atoms. The van der Waals surface area contributed by atoms with Gasteiger partial charge in [-0.15, -0.1) is 11.3 Å². The number of hydrogen-bond acceptors (Lipinski definition) is 6. The Labute approximate surface area is 169 Å². The Morgan fingerprint density at radius 3 is 2.54 bits per heavy atom. The molecule has 1 amide bonds. The zero-order chi connectivity index (χ0) is 20.1. The van der Waals surface area contributed by atoms with Crippen LogP contribution in [0.5, 0.6) is 17.2 Å². The molecule has 3 rings (SSSR count). The zero-order valence-corrected chi connectivity index (χ0v) is 17.5. The monoisotopic (exact) mass is 402 g/mol. The van der Waals surface area contributed by atoms with Crippen molar-refractivity contribution in [1.82, 2.24) is 5.43 Å². The average molecular weight is 403 g/mol. The number of aryl methyl sites for hydroxylation is 1. The van der Waals surface area contributed by atoms with E-state index in [1.807, 2.05) is 6.07 Å². The summed E-state index contributed by atoms with van der Waals surface area (Å²) < 4.78 is 16.0. The Bertz CT molecular complexity index is 850. The van der Waals surface area contributed by atoms with Crippen LogP contribution in [0.4, 0.5) is 0 Å². The third kappa shape index (κ3) is 4.30. The molecular weight excluding hydrogens is 376 g/mol. The van der Waals surface area contributed by atoms with E-state index in [9.17, 15) is 4.79 Å². The summed E-state index contributed by atoms with van der Waals surface area (Å²) in [5, 5.41) is 4.09. The van der Waals surface area contributed by atoms with Crippen molar-refractivity contribution in [3.63, 3.8) is 0 Å². The number of methoxy groups -OCH3 is 3. The number of nitrogens with one attached hydrogen (secondary N) is 1. The van der Waals surface area contributed by atoms with E-state index in [0.29, 0.717) is 22.1 Å². The van der Waals surface area contributed by atoms with E-state index in [2.05, 4.69) is 17.5 Å². The van der Waals surface area contributed by atoms with Crippen molar-refractivity contribution in [2.45, 2.75) is 32.6 Å². The summed E-state index contributed by atoms with van der Waals surface area (Å²) >= 11 is 1.58. The number of benzene rings is 1. The molecule has 0 saturated heterocycles. The fourth-order valence-corrected chi connectivity index (χ4v) is 4.55. The van der Waals surface area contributed by atoms with Crippen molar-refractivity contribution >= 4 is 23.5 Å². The molecule has 0 aliphatic heterocycles. The summed E-state index contributed by atoms with van der Waals surface area (Å²) in [6.45, 7) is 2.23. The first-order valence-electron chi connectivity index (χ1n) is 9.34. The molecule has 1 aromatic carbocycles. The minimum absolute atomic E-state index is 0.184. The molecule has 1 heterocycles. The SMILES string of the molecule is CC[C@H]1CCc2sc(C(=O)N/N=C\c3cc(OC)c(OC)c(OC)c3)cc2C1. The molecule has 0 fully saturated rings. The van der Waals surface area contributed by atoms with E-state index >= 15 is 0 Å². The average Bonchev–Trinajstić information content (AvgIpc) is 3.16. The first-order chi connectivity index (χ1) is 13.6. The Balaban J connectivity index is 1.70. The second-order valence-corrected chi connectivity index (χ2v) is 7.87. The fourth-order valence-electron chi connectivity index (χ4n) is 3.46. The van der Waals surface area contributed by atoms with Crippen molar-refractivity contribution < 1.29 is 19.0 Å². The van der Waals surface area contributed by atoms with Gasteiger partial charge in [0.25, 0.3) is 5.91 Å². The molecule has 0 bridgehead atoms. The van der Waals surface area contributed by atoms with Crippen LogP contribution in [0.3, 0.4) is 0 Å². The van der Waals surface area contributed by atoms with Crippen LogP contribution in [0, 0.1) is 5.92 Å². The Kier molecular flexibility index (Phi) is 6.57. The maximum atomic E-state index is 12.5. The molecule has 6 nitrogen and oxygen atoms in total. The number of hydrogen-bond donors (Lipinski definition) is 1. The van der Waals surface area contributed by atoms with Gasteiger partial charge in [0.2, 0.25) is 5.75 Å². The molecule has 0 unspecified atom stereocenters. The largest absolute Gasteiger partial charge is 0.493 e. The van der Waals surface area contributed by atoms with E-state index in [-0.39, 0.29) is 5.91 Å². The summed E-state index contributed by atoms with van der Waals surface area (Å²) in [5.41, 5.74) is 4.66.